The van der Waals surface area contributed by atoms with Crippen LogP contribution in [0, 0.1) is 0 Å². The lowest BCUT2D eigenvalue weighted by atomic mass is 10.2. The zero-order valence-corrected chi connectivity index (χ0v) is 7.66. The molecule has 2 aromatic rings. The van der Waals surface area contributed by atoms with Gasteiger partial charge in [0.25, 0.3) is 0 Å². The quantitative estimate of drug-likeness (QED) is 0.778. The standard InChI is InChI=1S/C10H11N3O/c1-2-8(1)11-10-5-9(12-13-10)7-3-4-14-6-7/h3-6,8H,1-2H2,(H2,11,12,13). The van der Waals surface area contributed by atoms with Crippen LogP contribution in [0.4, 0.5) is 5.82 Å². The van der Waals surface area contributed by atoms with Gasteiger partial charge in [-0.05, 0) is 18.9 Å². The molecule has 14 heavy (non-hydrogen) atoms. The van der Waals surface area contributed by atoms with Crippen LogP contribution in [-0.2, 0) is 0 Å². The minimum Gasteiger partial charge on any atom is -0.472 e. The van der Waals surface area contributed by atoms with Crippen molar-refractivity contribution in [2.24, 2.45) is 0 Å². The Balaban J connectivity index is 1.82. The van der Waals surface area contributed by atoms with Crippen molar-refractivity contribution in [2.45, 2.75) is 18.9 Å². The van der Waals surface area contributed by atoms with Gasteiger partial charge in [-0.3, -0.25) is 5.10 Å². The SMILES string of the molecule is c1cc(-c2cc(NC3CC3)n[nH]2)co1. The fraction of sp³-hybridized carbons (Fsp3) is 0.300. The van der Waals surface area contributed by atoms with Crippen molar-refractivity contribution in [3.05, 3.63) is 24.7 Å². The fourth-order valence-corrected chi connectivity index (χ4v) is 1.40. The molecule has 2 heterocycles. The van der Waals surface area contributed by atoms with E-state index in [4.69, 9.17) is 4.42 Å². The van der Waals surface area contributed by atoms with Gasteiger partial charge >= 0.3 is 0 Å². The molecule has 0 saturated heterocycles. The van der Waals surface area contributed by atoms with Gasteiger partial charge in [0.2, 0.25) is 0 Å². The summed E-state index contributed by atoms with van der Waals surface area (Å²) in [7, 11) is 0. The number of rotatable bonds is 3. The Hall–Kier alpha value is -1.71. The molecule has 0 atom stereocenters. The van der Waals surface area contributed by atoms with Crippen molar-refractivity contribution in [2.75, 3.05) is 5.32 Å². The highest BCUT2D eigenvalue weighted by Gasteiger charge is 2.21. The average molecular weight is 189 g/mol. The largest absolute Gasteiger partial charge is 0.472 e. The normalized spacial score (nSPS) is 15.7. The van der Waals surface area contributed by atoms with Crippen LogP contribution in [0.1, 0.15) is 12.8 Å². The number of anilines is 1. The van der Waals surface area contributed by atoms with Crippen LogP contribution in [0.5, 0.6) is 0 Å². The van der Waals surface area contributed by atoms with E-state index in [2.05, 4.69) is 15.5 Å². The van der Waals surface area contributed by atoms with E-state index in [1.165, 1.54) is 12.8 Å². The first-order valence-corrected chi connectivity index (χ1v) is 4.76. The zero-order chi connectivity index (χ0) is 9.38. The number of H-pyrrole nitrogens is 1. The van der Waals surface area contributed by atoms with Crippen molar-refractivity contribution in [1.29, 1.82) is 0 Å². The summed E-state index contributed by atoms with van der Waals surface area (Å²) in [6.45, 7) is 0. The number of nitrogens with one attached hydrogen (secondary N) is 2. The highest BCUT2D eigenvalue weighted by atomic mass is 16.3. The maximum atomic E-state index is 5.00. The van der Waals surface area contributed by atoms with E-state index in [1.807, 2.05) is 12.1 Å². The minimum atomic E-state index is 0.635. The van der Waals surface area contributed by atoms with Crippen molar-refractivity contribution >= 4 is 5.82 Å². The van der Waals surface area contributed by atoms with E-state index < -0.39 is 0 Å². The van der Waals surface area contributed by atoms with Gasteiger partial charge < -0.3 is 9.73 Å². The number of aromatic nitrogens is 2. The molecule has 0 bridgehead atoms. The highest BCUT2D eigenvalue weighted by Crippen LogP contribution is 2.26. The van der Waals surface area contributed by atoms with Crippen molar-refractivity contribution in [1.82, 2.24) is 10.2 Å². The van der Waals surface area contributed by atoms with E-state index in [9.17, 15) is 0 Å². The van der Waals surface area contributed by atoms with Crippen LogP contribution in [0.15, 0.2) is 29.1 Å². The van der Waals surface area contributed by atoms with Gasteiger partial charge in [0.1, 0.15) is 5.82 Å². The first kappa shape index (κ1) is 7.67. The molecular formula is C10H11N3O. The molecule has 1 aliphatic carbocycles. The van der Waals surface area contributed by atoms with Crippen LogP contribution < -0.4 is 5.32 Å². The highest BCUT2D eigenvalue weighted by molar-refractivity contribution is 5.61. The number of nitrogens with zero attached hydrogens (tertiary/aromatic N) is 1. The molecule has 3 rings (SSSR count). The van der Waals surface area contributed by atoms with Gasteiger partial charge in [-0.2, -0.15) is 5.10 Å². The maximum Gasteiger partial charge on any atom is 0.148 e. The van der Waals surface area contributed by atoms with Gasteiger partial charge in [0.05, 0.1) is 18.2 Å². The number of furan rings is 1. The third kappa shape index (κ3) is 1.39. The second-order valence-electron chi connectivity index (χ2n) is 3.60. The Morgan fingerprint density at radius 3 is 3.14 bits per heavy atom. The van der Waals surface area contributed by atoms with E-state index in [0.29, 0.717) is 6.04 Å². The Morgan fingerprint density at radius 1 is 1.50 bits per heavy atom. The third-order valence-electron chi connectivity index (χ3n) is 2.34. The van der Waals surface area contributed by atoms with Gasteiger partial charge in [0, 0.05) is 17.7 Å². The van der Waals surface area contributed by atoms with Crippen molar-refractivity contribution < 1.29 is 4.42 Å². The molecule has 1 saturated carbocycles. The first-order valence-electron chi connectivity index (χ1n) is 4.76. The van der Waals surface area contributed by atoms with E-state index in [0.717, 1.165) is 17.1 Å². The van der Waals surface area contributed by atoms with Gasteiger partial charge in [-0.25, -0.2) is 0 Å². The molecule has 0 aromatic carbocycles. The Kier molecular flexibility index (Phi) is 1.59. The van der Waals surface area contributed by atoms with Gasteiger partial charge in [-0.1, -0.05) is 0 Å². The molecule has 0 unspecified atom stereocenters. The van der Waals surface area contributed by atoms with Crippen LogP contribution >= 0.6 is 0 Å². The zero-order valence-electron chi connectivity index (χ0n) is 7.66. The molecule has 0 amide bonds. The van der Waals surface area contributed by atoms with Gasteiger partial charge in [0.15, 0.2) is 0 Å². The molecule has 2 N–H and O–H groups in total. The lowest BCUT2D eigenvalue weighted by molar-refractivity contribution is 0.568. The van der Waals surface area contributed by atoms with Gasteiger partial charge in [-0.15, -0.1) is 0 Å². The topological polar surface area (TPSA) is 53.9 Å². The summed E-state index contributed by atoms with van der Waals surface area (Å²) >= 11 is 0. The Labute approximate surface area is 81.3 Å². The summed E-state index contributed by atoms with van der Waals surface area (Å²) < 4.78 is 5.00. The molecule has 1 aliphatic rings. The second kappa shape index (κ2) is 2.90. The predicted molar refractivity (Wildman–Crippen MR) is 52.9 cm³/mol. The average Bonchev–Trinajstić information content (AvgIpc) is 2.71. The number of aromatic amines is 1. The summed E-state index contributed by atoms with van der Waals surface area (Å²) in [6.07, 6.45) is 5.88. The third-order valence-corrected chi connectivity index (χ3v) is 2.34. The summed E-state index contributed by atoms with van der Waals surface area (Å²) in [5, 5.41) is 10.5. The van der Waals surface area contributed by atoms with E-state index >= 15 is 0 Å². The van der Waals surface area contributed by atoms with E-state index in [-0.39, 0.29) is 0 Å². The van der Waals surface area contributed by atoms with Crippen molar-refractivity contribution in [3.63, 3.8) is 0 Å². The first-order chi connectivity index (χ1) is 6.92. The molecule has 4 nitrogen and oxygen atoms in total. The van der Waals surface area contributed by atoms with Crippen molar-refractivity contribution in [3.8, 4) is 11.3 Å². The summed E-state index contributed by atoms with van der Waals surface area (Å²) in [6, 6.07) is 4.55. The maximum absolute atomic E-state index is 5.00. The molecule has 0 spiro atoms. The molecule has 0 radical (unpaired) electrons. The predicted octanol–water partition coefficient (Wildman–Crippen LogP) is 2.24. The monoisotopic (exact) mass is 189 g/mol. The van der Waals surface area contributed by atoms with E-state index in [1.54, 1.807) is 12.5 Å². The molecule has 2 aromatic heterocycles. The van der Waals surface area contributed by atoms with Crippen LogP contribution in [0.2, 0.25) is 0 Å². The minimum absolute atomic E-state index is 0.635. The smallest absolute Gasteiger partial charge is 0.148 e. The Morgan fingerprint density at radius 2 is 2.43 bits per heavy atom. The van der Waals surface area contributed by atoms with Crippen LogP contribution in [0.3, 0.4) is 0 Å². The Bertz CT molecular complexity index is 414. The fourth-order valence-electron chi connectivity index (χ4n) is 1.40. The summed E-state index contributed by atoms with van der Waals surface area (Å²) in [5.41, 5.74) is 2.02. The van der Waals surface area contributed by atoms with Crippen LogP contribution in [-0.4, -0.2) is 16.2 Å². The lowest BCUT2D eigenvalue weighted by Gasteiger charge is -1.95. The number of hydrogen-bond acceptors (Lipinski definition) is 3. The van der Waals surface area contributed by atoms with Crippen LogP contribution in [0.25, 0.3) is 11.3 Å². The summed E-state index contributed by atoms with van der Waals surface area (Å²) in [5.74, 6) is 0.920. The molecule has 72 valence electrons. The summed E-state index contributed by atoms with van der Waals surface area (Å²) in [4.78, 5) is 0. The molecule has 1 fully saturated rings. The number of hydrogen-bond donors (Lipinski definition) is 2. The molecular weight excluding hydrogens is 178 g/mol. The molecule has 4 heteroatoms. The molecule has 0 aliphatic heterocycles. The lowest BCUT2D eigenvalue weighted by Crippen LogP contribution is -2.00. The second-order valence-corrected chi connectivity index (χ2v) is 3.60.